The standard InChI is InChI=1S/C8H14O4/c1-2-12-8(11)7-5(3-9)6(7)4-10/h5-7,9-10H,2-4H2,1H3/t5-,6+,7-. The van der Waals surface area contributed by atoms with Gasteiger partial charge >= 0.3 is 5.97 Å². The van der Waals surface area contributed by atoms with Crippen molar-refractivity contribution in [3.63, 3.8) is 0 Å². The van der Waals surface area contributed by atoms with Crippen LogP contribution in [0.5, 0.6) is 0 Å². The molecule has 0 aromatic rings. The van der Waals surface area contributed by atoms with E-state index >= 15 is 0 Å². The molecule has 4 nitrogen and oxygen atoms in total. The van der Waals surface area contributed by atoms with Crippen LogP contribution in [0.25, 0.3) is 0 Å². The molecule has 4 heteroatoms. The lowest BCUT2D eigenvalue weighted by Crippen LogP contribution is -2.09. The molecule has 3 atom stereocenters. The fourth-order valence-electron chi connectivity index (χ4n) is 1.53. The first-order chi connectivity index (χ1) is 5.76. The van der Waals surface area contributed by atoms with Crippen LogP contribution in [0.4, 0.5) is 0 Å². The Morgan fingerprint density at radius 2 is 1.83 bits per heavy atom. The van der Waals surface area contributed by atoms with Gasteiger partial charge in [-0.05, 0) is 6.92 Å². The van der Waals surface area contributed by atoms with Crippen LogP contribution in [-0.4, -0.2) is 36.0 Å². The molecule has 1 fully saturated rings. The second-order valence-electron chi connectivity index (χ2n) is 2.97. The largest absolute Gasteiger partial charge is 0.466 e. The molecule has 0 unspecified atom stereocenters. The third kappa shape index (κ3) is 1.59. The minimum atomic E-state index is -0.296. The van der Waals surface area contributed by atoms with E-state index in [2.05, 4.69) is 0 Å². The molecule has 70 valence electrons. The number of aliphatic hydroxyl groups excluding tert-OH is 2. The summed E-state index contributed by atoms with van der Waals surface area (Å²) in [6.07, 6.45) is 0. The van der Waals surface area contributed by atoms with Crippen LogP contribution in [0.1, 0.15) is 6.92 Å². The van der Waals surface area contributed by atoms with E-state index in [0.717, 1.165) is 0 Å². The van der Waals surface area contributed by atoms with Gasteiger partial charge in [-0.3, -0.25) is 4.79 Å². The third-order valence-corrected chi connectivity index (χ3v) is 2.31. The van der Waals surface area contributed by atoms with Gasteiger partial charge in [0.25, 0.3) is 0 Å². The third-order valence-electron chi connectivity index (χ3n) is 2.31. The van der Waals surface area contributed by atoms with Gasteiger partial charge in [0, 0.05) is 25.0 Å². The molecule has 0 radical (unpaired) electrons. The van der Waals surface area contributed by atoms with E-state index in [1.54, 1.807) is 6.92 Å². The topological polar surface area (TPSA) is 66.8 Å². The van der Waals surface area contributed by atoms with Gasteiger partial charge in [0.05, 0.1) is 12.5 Å². The average Bonchev–Trinajstić information content (AvgIpc) is 2.77. The summed E-state index contributed by atoms with van der Waals surface area (Å²) in [6.45, 7) is 2.00. The fourth-order valence-corrected chi connectivity index (χ4v) is 1.53. The Morgan fingerprint density at radius 3 is 2.17 bits per heavy atom. The molecule has 0 spiro atoms. The van der Waals surface area contributed by atoms with Gasteiger partial charge in [-0.15, -0.1) is 0 Å². The number of rotatable bonds is 4. The highest BCUT2D eigenvalue weighted by molar-refractivity contribution is 5.76. The number of aliphatic hydroxyl groups is 2. The normalized spacial score (nSPS) is 33.1. The summed E-state index contributed by atoms with van der Waals surface area (Å²) in [5.41, 5.74) is 0. The maximum absolute atomic E-state index is 11.1. The molecule has 0 amide bonds. The molecule has 1 saturated carbocycles. The minimum Gasteiger partial charge on any atom is -0.466 e. The summed E-state index contributed by atoms with van der Waals surface area (Å²) in [5, 5.41) is 17.6. The Labute approximate surface area is 71.2 Å². The second-order valence-corrected chi connectivity index (χ2v) is 2.97. The Bertz CT molecular complexity index is 158. The molecule has 0 aromatic carbocycles. The summed E-state index contributed by atoms with van der Waals surface area (Å²) in [5.74, 6) is -0.751. The lowest BCUT2D eigenvalue weighted by molar-refractivity contribution is -0.145. The minimum absolute atomic E-state index is 0.0469. The van der Waals surface area contributed by atoms with E-state index < -0.39 is 0 Å². The van der Waals surface area contributed by atoms with E-state index in [1.807, 2.05) is 0 Å². The van der Waals surface area contributed by atoms with Gasteiger partial charge < -0.3 is 14.9 Å². The Morgan fingerprint density at radius 1 is 1.33 bits per heavy atom. The molecule has 1 aliphatic rings. The lowest BCUT2D eigenvalue weighted by atomic mass is 10.3. The van der Waals surface area contributed by atoms with Gasteiger partial charge in [-0.25, -0.2) is 0 Å². The smallest absolute Gasteiger partial charge is 0.309 e. The van der Waals surface area contributed by atoms with Crippen molar-refractivity contribution >= 4 is 5.97 Å². The van der Waals surface area contributed by atoms with Gasteiger partial charge in [0.1, 0.15) is 0 Å². The number of ether oxygens (including phenoxy) is 1. The molecule has 0 aliphatic heterocycles. The molecular weight excluding hydrogens is 160 g/mol. The SMILES string of the molecule is CCOC(=O)[C@@H]1[C@H](CO)[C@@H]1CO. The van der Waals surface area contributed by atoms with Crippen molar-refractivity contribution in [2.24, 2.45) is 17.8 Å². The maximum Gasteiger partial charge on any atom is 0.309 e. The fraction of sp³-hybridized carbons (Fsp3) is 0.875. The zero-order valence-corrected chi connectivity index (χ0v) is 7.06. The van der Waals surface area contributed by atoms with Gasteiger partial charge in [0.15, 0.2) is 0 Å². The number of hydrogen-bond donors (Lipinski definition) is 2. The van der Waals surface area contributed by atoms with Gasteiger partial charge in [-0.1, -0.05) is 0 Å². The number of carbonyl (C=O) groups is 1. The first kappa shape index (κ1) is 9.48. The van der Waals surface area contributed by atoms with Crippen molar-refractivity contribution in [1.82, 2.24) is 0 Å². The van der Waals surface area contributed by atoms with Crippen LogP contribution < -0.4 is 0 Å². The highest BCUT2D eigenvalue weighted by atomic mass is 16.5. The molecule has 0 heterocycles. The molecule has 0 bridgehead atoms. The quantitative estimate of drug-likeness (QED) is 0.558. The molecular formula is C8H14O4. The zero-order chi connectivity index (χ0) is 9.14. The van der Waals surface area contributed by atoms with Crippen molar-refractivity contribution in [2.75, 3.05) is 19.8 Å². The van der Waals surface area contributed by atoms with Gasteiger partial charge in [-0.2, -0.15) is 0 Å². The summed E-state index contributed by atoms with van der Waals surface area (Å²) in [6, 6.07) is 0. The molecule has 0 aromatic heterocycles. The van der Waals surface area contributed by atoms with Crippen molar-refractivity contribution in [3.8, 4) is 0 Å². The van der Waals surface area contributed by atoms with Crippen molar-refractivity contribution in [2.45, 2.75) is 6.92 Å². The van der Waals surface area contributed by atoms with Crippen LogP contribution in [0.3, 0.4) is 0 Å². The van der Waals surface area contributed by atoms with Crippen molar-refractivity contribution < 1.29 is 19.7 Å². The molecule has 0 saturated heterocycles. The van der Waals surface area contributed by atoms with Crippen molar-refractivity contribution in [1.29, 1.82) is 0 Å². The maximum atomic E-state index is 11.1. The Balaban J connectivity index is 2.39. The molecule has 1 aliphatic carbocycles. The predicted molar refractivity (Wildman–Crippen MR) is 41.3 cm³/mol. The summed E-state index contributed by atoms with van der Waals surface area (Å²) in [4.78, 5) is 11.1. The second kappa shape index (κ2) is 3.87. The summed E-state index contributed by atoms with van der Waals surface area (Å²) < 4.78 is 4.77. The number of carbonyl (C=O) groups excluding carboxylic acids is 1. The van der Waals surface area contributed by atoms with Crippen LogP contribution in [0, 0.1) is 17.8 Å². The Hall–Kier alpha value is -0.610. The van der Waals surface area contributed by atoms with Crippen molar-refractivity contribution in [3.05, 3.63) is 0 Å². The summed E-state index contributed by atoms with van der Waals surface area (Å²) >= 11 is 0. The van der Waals surface area contributed by atoms with E-state index in [4.69, 9.17) is 14.9 Å². The molecule has 2 N–H and O–H groups in total. The van der Waals surface area contributed by atoms with E-state index in [0.29, 0.717) is 6.61 Å². The van der Waals surface area contributed by atoms with Crippen LogP contribution >= 0.6 is 0 Å². The molecule has 1 rings (SSSR count). The highest BCUT2D eigenvalue weighted by Crippen LogP contribution is 2.46. The highest BCUT2D eigenvalue weighted by Gasteiger charge is 2.54. The Kier molecular flexibility index (Phi) is 3.05. The van der Waals surface area contributed by atoms with Crippen LogP contribution in [0.15, 0.2) is 0 Å². The number of hydrogen-bond acceptors (Lipinski definition) is 4. The van der Waals surface area contributed by atoms with Crippen LogP contribution in [-0.2, 0) is 9.53 Å². The van der Waals surface area contributed by atoms with E-state index in [-0.39, 0.29) is 36.9 Å². The predicted octanol–water partition coefficient (Wildman–Crippen LogP) is -0.604. The first-order valence-corrected chi connectivity index (χ1v) is 4.14. The molecule has 12 heavy (non-hydrogen) atoms. The van der Waals surface area contributed by atoms with E-state index in [1.165, 1.54) is 0 Å². The van der Waals surface area contributed by atoms with Gasteiger partial charge in [0.2, 0.25) is 0 Å². The monoisotopic (exact) mass is 174 g/mol. The lowest BCUT2D eigenvalue weighted by Gasteiger charge is -1.98. The number of esters is 1. The average molecular weight is 174 g/mol. The van der Waals surface area contributed by atoms with Crippen LogP contribution in [0.2, 0.25) is 0 Å². The summed E-state index contributed by atoms with van der Waals surface area (Å²) in [7, 11) is 0. The van der Waals surface area contributed by atoms with E-state index in [9.17, 15) is 4.79 Å². The first-order valence-electron chi connectivity index (χ1n) is 4.14. The zero-order valence-electron chi connectivity index (χ0n) is 7.06.